The number of aryl methyl sites for hydroxylation is 1. The van der Waals surface area contributed by atoms with Crippen LogP contribution in [0.4, 0.5) is 0 Å². The molecule has 1 aromatic rings. The van der Waals surface area contributed by atoms with Gasteiger partial charge in [-0.25, -0.2) is 0 Å². The maximum absolute atomic E-state index is 12.4. The molecule has 1 fully saturated rings. The van der Waals surface area contributed by atoms with Gasteiger partial charge in [-0.1, -0.05) is 108 Å². The van der Waals surface area contributed by atoms with Gasteiger partial charge in [-0.3, -0.25) is 4.79 Å². The highest BCUT2D eigenvalue weighted by Gasteiger charge is 2.44. The summed E-state index contributed by atoms with van der Waals surface area (Å²) in [5.74, 6) is -0.0435. The average Bonchev–Trinajstić information content (AvgIpc) is 3.48. The van der Waals surface area contributed by atoms with Gasteiger partial charge in [0.1, 0.15) is 0 Å². The Bertz CT molecular complexity index is 1140. The first kappa shape index (κ1) is 50.0. The van der Waals surface area contributed by atoms with Gasteiger partial charge in [-0.15, -0.1) is 0 Å². The second kappa shape index (κ2) is 31.8. The number of ether oxygens (including phenoxy) is 8. The van der Waals surface area contributed by atoms with Crippen molar-refractivity contribution in [2.75, 3.05) is 26.4 Å². The molecule has 1 aliphatic rings. The molecule has 0 aliphatic heterocycles. The number of unbranched alkanes of at least 4 members (excludes halogenated alkanes) is 5. The second-order valence-corrected chi connectivity index (χ2v) is 15.2. The van der Waals surface area contributed by atoms with Crippen LogP contribution in [0.15, 0.2) is 54.6 Å². The van der Waals surface area contributed by atoms with Crippen molar-refractivity contribution in [2.45, 2.75) is 195 Å². The first-order valence-electron chi connectivity index (χ1n) is 22.2. The fourth-order valence-corrected chi connectivity index (χ4v) is 6.82. The Hall–Kier alpha value is -2.11. The monoisotopic (exact) mass is 789 g/mol. The molecule has 0 N–H and O–H groups in total. The Morgan fingerprint density at radius 3 is 1.84 bits per heavy atom. The minimum absolute atomic E-state index is 0.0491. The van der Waals surface area contributed by atoms with Gasteiger partial charge in [0.25, 0.3) is 0 Å². The van der Waals surface area contributed by atoms with E-state index in [2.05, 4.69) is 82.3 Å². The lowest BCUT2D eigenvalue weighted by Gasteiger charge is -2.27. The Kier molecular flexibility index (Phi) is 28.4. The molecule has 0 heterocycles. The first-order chi connectivity index (χ1) is 27.2. The quantitative estimate of drug-likeness (QED) is 0.0293. The summed E-state index contributed by atoms with van der Waals surface area (Å²) in [6, 6.07) is 10.6. The molecule has 1 saturated carbocycles. The predicted molar refractivity (Wildman–Crippen MR) is 225 cm³/mol. The molecule has 0 saturated heterocycles. The zero-order chi connectivity index (χ0) is 40.8. The van der Waals surface area contributed by atoms with Crippen LogP contribution in [-0.2, 0) is 49.1 Å². The van der Waals surface area contributed by atoms with E-state index in [9.17, 15) is 4.79 Å². The number of esters is 1. The molecule has 1 aromatic carbocycles. The minimum Gasteiger partial charge on any atom is -0.436 e. The number of hydrogen-bond acceptors (Lipinski definition) is 9. The lowest BCUT2D eigenvalue weighted by molar-refractivity contribution is -0.178. The van der Waals surface area contributed by atoms with E-state index in [1.807, 2.05) is 20.8 Å². The average molecular weight is 789 g/mol. The van der Waals surface area contributed by atoms with Crippen molar-refractivity contribution in [1.82, 2.24) is 0 Å². The lowest BCUT2D eigenvalue weighted by atomic mass is 9.89. The third-order valence-corrected chi connectivity index (χ3v) is 10.1. The molecule has 0 bridgehead atoms. The number of benzene rings is 1. The van der Waals surface area contributed by atoms with Crippen LogP contribution in [-0.4, -0.2) is 75.9 Å². The van der Waals surface area contributed by atoms with Gasteiger partial charge in [0.2, 0.25) is 0 Å². The molecule has 0 radical (unpaired) electrons. The third-order valence-electron chi connectivity index (χ3n) is 10.1. The van der Waals surface area contributed by atoms with E-state index >= 15 is 0 Å². The van der Waals surface area contributed by atoms with E-state index in [1.54, 1.807) is 6.92 Å². The molecule has 322 valence electrons. The summed E-state index contributed by atoms with van der Waals surface area (Å²) in [4.78, 5) is 12.4. The highest BCUT2D eigenvalue weighted by atomic mass is 16.7. The highest BCUT2D eigenvalue weighted by Crippen LogP contribution is 2.41. The molecule has 9 heteroatoms. The molecule has 2 rings (SSSR count). The smallest absolute Gasteiger partial charge is 0.308 e. The highest BCUT2D eigenvalue weighted by molar-refractivity contribution is 5.69. The maximum atomic E-state index is 12.4. The summed E-state index contributed by atoms with van der Waals surface area (Å²) in [5, 5.41) is 0. The molecule has 56 heavy (non-hydrogen) atoms. The standard InChI is InChI=1S/C47H80O9/c1-9-13-32-49-37(5)53-42(29-28-41-24-20-19-21-25-41)30-31-44-43(26-22-17-18-23-27-47(48)56-40(8)52-35-16-12-4)45(54-38(6)50-33-14-10-2)36-46(44)55-39(7)51-34-15-11-3/h17,19-22,24-25,30-31,37-40,42-46H,9-16,18,23,26-29,32-36H2,1-8H3/b22-17-,31-30+/t37?,38?,39?,40?,42?,43-,44-,45+,46-/m1/s1. The van der Waals surface area contributed by atoms with Gasteiger partial charge in [0.15, 0.2) is 25.2 Å². The van der Waals surface area contributed by atoms with E-state index in [0.29, 0.717) is 39.3 Å². The first-order valence-corrected chi connectivity index (χ1v) is 22.2. The molecule has 5 unspecified atom stereocenters. The van der Waals surface area contributed by atoms with Crippen LogP contribution in [0.2, 0.25) is 0 Å². The van der Waals surface area contributed by atoms with Crippen LogP contribution in [0.1, 0.15) is 151 Å². The maximum Gasteiger partial charge on any atom is 0.308 e. The van der Waals surface area contributed by atoms with Crippen molar-refractivity contribution in [1.29, 1.82) is 0 Å². The van der Waals surface area contributed by atoms with Crippen molar-refractivity contribution >= 4 is 5.97 Å². The number of carbonyl (C=O) groups is 1. The predicted octanol–water partition coefficient (Wildman–Crippen LogP) is 11.3. The van der Waals surface area contributed by atoms with Gasteiger partial charge >= 0.3 is 5.97 Å². The summed E-state index contributed by atoms with van der Waals surface area (Å²) < 4.78 is 49.2. The summed E-state index contributed by atoms with van der Waals surface area (Å²) in [6.45, 7) is 19.0. The van der Waals surface area contributed by atoms with Gasteiger partial charge in [-0.05, 0) is 97.0 Å². The van der Waals surface area contributed by atoms with E-state index in [4.69, 9.17) is 37.9 Å². The van der Waals surface area contributed by atoms with Crippen molar-refractivity contribution in [2.24, 2.45) is 11.8 Å². The van der Waals surface area contributed by atoms with Crippen molar-refractivity contribution < 1.29 is 42.7 Å². The zero-order valence-corrected chi connectivity index (χ0v) is 36.5. The number of allylic oxidation sites excluding steroid dienone is 2. The fraction of sp³-hybridized carbons (Fsp3) is 0.766. The minimum atomic E-state index is -0.516. The number of rotatable bonds is 34. The SMILES string of the molecule is CCCCOC(C)OC(=O)CCC/C=C\C[C@@H]1[C@@H](/C=C/C(CCc2ccccc2)OC(C)OCCCC)[C@H](OC(C)OCCCC)C[C@@H]1OC(C)OCCCC. The van der Waals surface area contributed by atoms with Crippen LogP contribution < -0.4 is 0 Å². The molecule has 0 aromatic heterocycles. The Morgan fingerprint density at radius 2 is 1.25 bits per heavy atom. The molecule has 9 nitrogen and oxygen atoms in total. The number of carbonyl (C=O) groups excluding carboxylic acids is 1. The normalized spacial score (nSPS) is 21.4. The molecule has 9 atom stereocenters. The lowest BCUT2D eigenvalue weighted by Crippen LogP contribution is -2.28. The number of hydrogen-bond donors (Lipinski definition) is 0. The summed E-state index contributed by atoms with van der Waals surface area (Å²) >= 11 is 0. The largest absolute Gasteiger partial charge is 0.436 e. The van der Waals surface area contributed by atoms with Gasteiger partial charge < -0.3 is 37.9 Å². The zero-order valence-electron chi connectivity index (χ0n) is 36.5. The van der Waals surface area contributed by atoms with Crippen molar-refractivity contribution in [3.8, 4) is 0 Å². The van der Waals surface area contributed by atoms with E-state index in [-0.39, 0.29) is 55.0 Å². The van der Waals surface area contributed by atoms with E-state index < -0.39 is 6.29 Å². The van der Waals surface area contributed by atoms with Crippen molar-refractivity contribution in [3.05, 3.63) is 60.2 Å². The van der Waals surface area contributed by atoms with Crippen LogP contribution in [0.3, 0.4) is 0 Å². The van der Waals surface area contributed by atoms with Crippen LogP contribution >= 0.6 is 0 Å². The Balaban J connectivity index is 2.28. The molecular formula is C47H80O9. The summed E-state index contributed by atoms with van der Waals surface area (Å²) in [5.41, 5.74) is 1.28. The molecule has 0 spiro atoms. The van der Waals surface area contributed by atoms with Crippen molar-refractivity contribution in [3.63, 3.8) is 0 Å². The van der Waals surface area contributed by atoms with Gasteiger partial charge in [-0.2, -0.15) is 0 Å². The van der Waals surface area contributed by atoms with Gasteiger partial charge in [0, 0.05) is 38.6 Å². The third kappa shape index (κ3) is 22.7. The Morgan fingerprint density at radius 1 is 0.696 bits per heavy atom. The van der Waals surface area contributed by atoms with E-state index in [0.717, 1.165) is 83.5 Å². The summed E-state index contributed by atoms with van der Waals surface area (Å²) in [7, 11) is 0. The van der Waals surface area contributed by atoms with Gasteiger partial charge in [0.05, 0.1) is 24.9 Å². The molecule has 0 amide bonds. The second-order valence-electron chi connectivity index (χ2n) is 15.2. The topological polar surface area (TPSA) is 90.9 Å². The van der Waals surface area contributed by atoms with Crippen LogP contribution in [0, 0.1) is 11.8 Å². The fourth-order valence-electron chi connectivity index (χ4n) is 6.82. The molecular weight excluding hydrogens is 709 g/mol. The van der Waals surface area contributed by atoms with Crippen LogP contribution in [0.5, 0.6) is 0 Å². The molecule has 1 aliphatic carbocycles. The van der Waals surface area contributed by atoms with E-state index in [1.165, 1.54) is 5.56 Å². The summed E-state index contributed by atoms with van der Waals surface area (Å²) in [6.07, 6.45) is 20.4. The van der Waals surface area contributed by atoms with Crippen LogP contribution in [0.25, 0.3) is 0 Å². The Labute approximate surface area is 341 Å².